The molecule has 0 unspecified atom stereocenters. The monoisotopic (exact) mass is 284 g/mol. The molecule has 0 radical (unpaired) electrons. The van der Waals surface area contributed by atoms with Gasteiger partial charge in [0.05, 0.1) is 12.8 Å². The number of oxime groups is 1. The van der Waals surface area contributed by atoms with Crippen LogP contribution in [-0.2, 0) is 4.84 Å². The molecule has 21 heavy (non-hydrogen) atoms. The quantitative estimate of drug-likeness (QED) is 0.811. The normalized spacial score (nSPS) is 14.8. The van der Waals surface area contributed by atoms with Crippen molar-refractivity contribution in [1.29, 1.82) is 0 Å². The van der Waals surface area contributed by atoms with E-state index in [1.807, 2.05) is 18.2 Å². The first-order valence-corrected chi connectivity index (χ1v) is 6.37. The van der Waals surface area contributed by atoms with Crippen LogP contribution in [-0.4, -0.2) is 25.6 Å². The minimum Gasteiger partial charge on any atom is -0.497 e. The molecule has 0 saturated heterocycles. The van der Waals surface area contributed by atoms with Crippen molar-refractivity contribution >= 4 is 17.1 Å². The second-order valence-corrected chi connectivity index (χ2v) is 4.47. The third-order valence-corrected chi connectivity index (χ3v) is 3.22. The molecule has 2 aromatic carbocycles. The average Bonchev–Trinajstić information content (AvgIpc) is 2.86. The number of nitrogens with zero attached hydrogens (tertiary/aromatic N) is 2. The molecular weight excluding hydrogens is 271 g/mol. The van der Waals surface area contributed by atoms with Crippen LogP contribution >= 0.6 is 0 Å². The Morgan fingerprint density at radius 1 is 1.05 bits per heavy atom. The molecule has 1 aliphatic heterocycles. The maximum atomic E-state index is 13.1. The Labute approximate surface area is 121 Å². The standard InChI is InChI=1S/C16H13FN2O2/c1-20-12-7-8-14-13(9-12)16(19-21-2)15(18-14)10-3-5-11(17)6-4-10/h3-9H,1-2H3/b19-16+. The first-order valence-electron chi connectivity index (χ1n) is 6.37. The Kier molecular flexibility index (Phi) is 3.39. The summed E-state index contributed by atoms with van der Waals surface area (Å²) in [5, 5.41) is 4.06. The average molecular weight is 284 g/mol. The maximum Gasteiger partial charge on any atom is 0.138 e. The van der Waals surface area contributed by atoms with Gasteiger partial charge >= 0.3 is 0 Å². The summed E-state index contributed by atoms with van der Waals surface area (Å²) in [6.45, 7) is 0. The summed E-state index contributed by atoms with van der Waals surface area (Å²) in [4.78, 5) is 9.48. The van der Waals surface area contributed by atoms with E-state index in [2.05, 4.69) is 10.1 Å². The van der Waals surface area contributed by atoms with E-state index in [0.717, 1.165) is 16.8 Å². The van der Waals surface area contributed by atoms with Gasteiger partial charge in [-0.15, -0.1) is 0 Å². The fraction of sp³-hybridized carbons (Fsp3) is 0.125. The van der Waals surface area contributed by atoms with Gasteiger partial charge in [-0.05, 0) is 42.5 Å². The molecule has 1 heterocycles. The molecule has 0 aromatic heterocycles. The molecule has 4 nitrogen and oxygen atoms in total. The van der Waals surface area contributed by atoms with Crippen LogP contribution in [0.15, 0.2) is 52.6 Å². The first-order chi connectivity index (χ1) is 10.2. The first kappa shape index (κ1) is 13.3. The van der Waals surface area contributed by atoms with Crippen LogP contribution in [0.1, 0.15) is 11.1 Å². The van der Waals surface area contributed by atoms with E-state index < -0.39 is 0 Å². The molecule has 0 N–H and O–H groups in total. The van der Waals surface area contributed by atoms with Crippen molar-refractivity contribution in [3.8, 4) is 5.75 Å². The topological polar surface area (TPSA) is 43.2 Å². The molecule has 0 bridgehead atoms. The molecule has 0 fully saturated rings. The zero-order valence-corrected chi connectivity index (χ0v) is 11.6. The predicted molar refractivity (Wildman–Crippen MR) is 79.1 cm³/mol. The summed E-state index contributed by atoms with van der Waals surface area (Å²) in [6, 6.07) is 11.7. The van der Waals surface area contributed by atoms with E-state index in [9.17, 15) is 4.39 Å². The lowest BCUT2D eigenvalue weighted by atomic mass is 10.0. The molecule has 5 heteroatoms. The van der Waals surface area contributed by atoms with Gasteiger partial charge in [0, 0.05) is 11.1 Å². The molecule has 106 valence electrons. The molecule has 0 aliphatic carbocycles. The Morgan fingerprint density at radius 2 is 1.81 bits per heavy atom. The minimum atomic E-state index is -0.290. The number of methoxy groups -OCH3 is 1. The van der Waals surface area contributed by atoms with E-state index in [1.165, 1.54) is 19.2 Å². The van der Waals surface area contributed by atoms with Crippen LogP contribution < -0.4 is 4.74 Å². The largest absolute Gasteiger partial charge is 0.497 e. The van der Waals surface area contributed by atoms with Gasteiger partial charge in [0.1, 0.15) is 30.1 Å². The Balaban J connectivity index is 2.10. The highest BCUT2D eigenvalue weighted by Crippen LogP contribution is 2.32. The van der Waals surface area contributed by atoms with Gasteiger partial charge in [-0.3, -0.25) is 0 Å². The van der Waals surface area contributed by atoms with E-state index in [4.69, 9.17) is 9.57 Å². The Hall–Kier alpha value is -2.69. The lowest BCUT2D eigenvalue weighted by Gasteiger charge is -2.05. The maximum absolute atomic E-state index is 13.1. The molecule has 3 rings (SSSR count). The van der Waals surface area contributed by atoms with E-state index in [1.54, 1.807) is 19.2 Å². The summed E-state index contributed by atoms with van der Waals surface area (Å²) >= 11 is 0. The van der Waals surface area contributed by atoms with Crippen molar-refractivity contribution in [2.24, 2.45) is 10.1 Å². The molecular formula is C16H13FN2O2. The summed E-state index contributed by atoms with van der Waals surface area (Å²) < 4.78 is 18.3. The van der Waals surface area contributed by atoms with Crippen LogP contribution in [0.2, 0.25) is 0 Å². The van der Waals surface area contributed by atoms with E-state index in [0.29, 0.717) is 17.2 Å². The van der Waals surface area contributed by atoms with Crippen molar-refractivity contribution in [2.75, 3.05) is 14.2 Å². The smallest absolute Gasteiger partial charge is 0.138 e. The third-order valence-electron chi connectivity index (χ3n) is 3.22. The summed E-state index contributed by atoms with van der Waals surface area (Å²) in [7, 11) is 3.08. The number of halogens is 1. The number of hydrogen-bond acceptors (Lipinski definition) is 4. The summed E-state index contributed by atoms with van der Waals surface area (Å²) in [6.07, 6.45) is 0. The van der Waals surface area contributed by atoms with Crippen LogP contribution in [0.25, 0.3) is 0 Å². The van der Waals surface area contributed by atoms with E-state index in [-0.39, 0.29) is 5.82 Å². The highest BCUT2D eigenvalue weighted by molar-refractivity contribution is 6.56. The summed E-state index contributed by atoms with van der Waals surface area (Å²) in [5.41, 5.74) is 3.65. The van der Waals surface area contributed by atoms with Crippen molar-refractivity contribution in [2.45, 2.75) is 0 Å². The Bertz CT molecular complexity index is 736. The number of benzene rings is 2. The van der Waals surface area contributed by atoms with Crippen LogP contribution in [0, 0.1) is 5.82 Å². The van der Waals surface area contributed by atoms with Crippen molar-refractivity contribution in [1.82, 2.24) is 0 Å². The lowest BCUT2D eigenvalue weighted by molar-refractivity contribution is 0.214. The SMILES string of the molecule is CO/N=C1/C(c2ccc(F)cc2)=Nc2ccc(OC)cc21. The van der Waals surface area contributed by atoms with Gasteiger partial charge in [0.2, 0.25) is 0 Å². The van der Waals surface area contributed by atoms with E-state index >= 15 is 0 Å². The van der Waals surface area contributed by atoms with Crippen LogP contribution in [0.3, 0.4) is 0 Å². The number of aliphatic imine (C=N–C) groups is 1. The number of rotatable bonds is 3. The Morgan fingerprint density at radius 3 is 2.48 bits per heavy atom. The van der Waals surface area contributed by atoms with Crippen molar-refractivity contribution in [3.05, 3.63) is 59.4 Å². The second-order valence-electron chi connectivity index (χ2n) is 4.47. The van der Waals surface area contributed by atoms with Gasteiger partial charge < -0.3 is 9.57 Å². The minimum absolute atomic E-state index is 0.290. The molecule has 0 atom stereocenters. The zero-order valence-electron chi connectivity index (χ0n) is 11.6. The van der Waals surface area contributed by atoms with Gasteiger partial charge in [-0.25, -0.2) is 9.38 Å². The van der Waals surface area contributed by atoms with Crippen molar-refractivity contribution in [3.63, 3.8) is 0 Å². The predicted octanol–water partition coefficient (Wildman–Crippen LogP) is 3.32. The lowest BCUT2D eigenvalue weighted by Crippen LogP contribution is -2.13. The third kappa shape index (κ3) is 2.38. The fourth-order valence-electron chi connectivity index (χ4n) is 2.22. The van der Waals surface area contributed by atoms with Gasteiger partial charge in [-0.2, -0.15) is 0 Å². The molecule has 0 spiro atoms. The molecule has 0 saturated carbocycles. The molecule has 1 aliphatic rings. The molecule has 2 aromatic rings. The van der Waals surface area contributed by atoms with Gasteiger partial charge in [-0.1, -0.05) is 5.16 Å². The fourth-order valence-corrected chi connectivity index (χ4v) is 2.22. The number of ether oxygens (including phenoxy) is 1. The van der Waals surface area contributed by atoms with Crippen LogP contribution in [0.5, 0.6) is 5.75 Å². The zero-order chi connectivity index (χ0) is 14.8. The highest BCUT2D eigenvalue weighted by Gasteiger charge is 2.25. The number of fused-ring (bicyclic) bond motifs is 1. The van der Waals surface area contributed by atoms with Gasteiger partial charge in [0.25, 0.3) is 0 Å². The molecule has 0 amide bonds. The second kappa shape index (κ2) is 5.36. The highest BCUT2D eigenvalue weighted by atomic mass is 19.1. The number of hydrogen-bond donors (Lipinski definition) is 0. The van der Waals surface area contributed by atoms with Crippen LogP contribution in [0.4, 0.5) is 10.1 Å². The summed E-state index contributed by atoms with van der Waals surface area (Å²) in [5.74, 6) is 0.426. The van der Waals surface area contributed by atoms with Gasteiger partial charge in [0.15, 0.2) is 0 Å². The van der Waals surface area contributed by atoms with Crippen molar-refractivity contribution < 1.29 is 14.0 Å².